The minimum Gasteiger partial charge on any atom is -0.505 e. The van der Waals surface area contributed by atoms with Crippen LogP contribution in [-0.2, 0) is 12.8 Å². The maximum absolute atomic E-state index is 12.7. The Morgan fingerprint density at radius 3 is 2.38 bits per heavy atom. The summed E-state index contributed by atoms with van der Waals surface area (Å²) in [6.07, 6.45) is 0.655. The molecule has 0 radical (unpaired) electrons. The Morgan fingerprint density at radius 1 is 0.971 bits per heavy atom. The number of aliphatic hydroxyl groups excluding tert-OH is 1. The SMILES string of the molecule is C.COc1ccc(CCc2ccc3ccc(C(=O)NCC(O)c4ccccc4)c(O)c3n2)cc1. The molecule has 6 nitrogen and oxygen atoms in total. The van der Waals surface area contributed by atoms with Gasteiger partial charge in [0.05, 0.1) is 18.8 Å². The first-order valence-electron chi connectivity index (χ1n) is 10.8. The van der Waals surface area contributed by atoms with Gasteiger partial charge in [0, 0.05) is 17.6 Å². The summed E-state index contributed by atoms with van der Waals surface area (Å²) in [5, 5.41) is 24.5. The van der Waals surface area contributed by atoms with Crippen molar-refractivity contribution in [2.45, 2.75) is 26.4 Å². The molecule has 4 rings (SSSR count). The minimum absolute atomic E-state index is 0. The molecule has 4 aromatic rings. The number of amides is 1. The topological polar surface area (TPSA) is 91.7 Å². The van der Waals surface area contributed by atoms with Gasteiger partial charge in [-0.1, -0.05) is 62.0 Å². The molecule has 0 aliphatic carbocycles. The van der Waals surface area contributed by atoms with E-state index in [1.165, 1.54) is 0 Å². The number of aryl methyl sites for hydroxylation is 2. The number of aromatic hydroxyl groups is 1. The summed E-state index contributed by atoms with van der Waals surface area (Å²) in [5.74, 6) is 0.190. The van der Waals surface area contributed by atoms with Crippen LogP contribution in [-0.4, -0.2) is 34.8 Å². The zero-order chi connectivity index (χ0) is 23.2. The molecule has 1 aromatic heterocycles. The molecule has 0 spiro atoms. The lowest BCUT2D eigenvalue weighted by atomic mass is 10.0. The molecule has 1 heterocycles. The van der Waals surface area contributed by atoms with Crippen LogP contribution >= 0.6 is 0 Å². The largest absolute Gasteiger partial charge is 0.505 e. The molecule has 0 saturated heterocycles. The molecule has 6 heteroatoms. The number of ether oxygens (including phenoxy) is 1. The van der Waals surface area contributed by atoms with Gasteiger partial charge in [0.15, 0.2) is 5.75 Å². The van der Waals surface area contributed by atoms with Crippen LogP contribution in [0.25, 0.3) is 10.9 Å². The fourth-order valence-electron chi connectivity index (χ4n) is 3.68. The highest BCUT2D eigenvalue weighted by molar-refractivity contribution is 6.02. The van der Waals surface area contributed by atoms with Gasteiger partial charge in [-0.05, 0) is 48.2 Å². The summed E-state index contributed by atoms with van der Waals surface area (Å²) < 4.78 is 5.19. The number of aliphatic hydroxyl groups is 1. The standard InChI is InChI=1S/C27H26N2O4.CH4/c1-33-22-14-8-18(9-15-22)7-12-21-13-10-20-11-16-23(26(31)25(20)29-21)27(32)28-17-24(30)19-5-3-2-4-6-19;/h2-6,8-11,13-16,24,30-31H,7,12,17H2,1H3,(H,28,32);1H4. The van der Waals surface area contributed by atoms with E-state index in [9.17, 15) is 15.0 Å². The zero-order valence-electron chi connectivity index (χ0n) is 18.4. The Balaban J connectivity index is 0.00000324. The van der Waals surface area contributed by atoms with Crippen LogP contribution in [0.4, 0.5) is 0 Å². The highest BCUT2D eigenvalue weighted by Gasteiger charge is 2.17. The predicted molar refractivity (Wildman–Crippen MR) is 134 cm³/mol. The van der Waals surface area contributed by atoms with Crippen molar-refractivity contribution in [3.8, 4) is 11.5 Å². The number of carbonyl (C=O) groups is 1. The summed E-state index contributed by atoms with van der Waals surface area (Å²) >= 11 is 0. The van der Waals surface area contributed by atoms with Gasteiger partial charge in [0.25, 0.3) is 5.91 Å². The molecule has 0 fully saturated rings. The number of nitrogens with one attached hydrogen (secondary N) is 1. The summed E-state index contributed by atoms with van der Waals surface area (Å²) in [7, 11) is 1.64. The second kappa shape index (κ2) is 11.3. The van der Waals surface area contributed by atoms with E-state index in [1.807, 2.05) is 54.6 Å². The number of nitrogens with zero attached hydrogens (tertiary/aromatic N) is 1. The van der Waals surface area contributed by atoms with Crippen molar-refractivity contribution in [2.24, 2.45) is 0 Å². The van der Waals surface area contributed by atoms with Crippen molar-refractivity contribution in [3.05, 3.63) is 101 Å². The second-order valence-corrected chi connectivity index (χ2v) is 7.82. The van der Waals surface area contributed by atoms with E-state index >= 15 is 0 Å². The first-order valence-corrected chi connectivity index (χ1v) is 10.8. The van der Waals surface area contributed by atoms with E-state index in [-0.39, 0.29) is 25.3 Å². The van der Waals surface area contributed by atoms with Gasteiger partial charge >= 0.3 is 0 Å². The highest BCUT2D eigenvalue weighted by Crippen LogP contribution is 2.28. The van der Waals surface area contributed by atoms with Gasteiger partial charge in [0.2, 0.25) is 0 Å². The van der Waals surface area contributed by atoms with Gasteiger partial charge in [-0.3, -0.25) is 4.79 Å². The zero-order valence-corrected chi connectivity index (χ0v) is 18.4. The minimum atomic E-state index is -0.833. The van der Waals surface area contributed by atoms with Gasteiger partial charge in [-0.15, -0.1) is 0 Å². The van der Waals surface area contributed by atoms with Crippen LogP contribution in [0.5, 0.6) is 11.5 Å². The number of fused-ring (bicyclic) bond motifs is 1. The number of phenolic OH excluding ortho intramolecular Hbond substituents is 1. The predicted octanol–water partition coefficient (Wildman–Crippen LogP) is 4.83. The van der Waals surface area contributed by atoms with E-state index < -0.39 is 12.0 Å². The van der Waals surface area contributed by atoms with Crippen LogP contribution in [0, 0.1) is 0 Å². The molecule has 1 amide bonds. The van der Waals surface area contributed by atoms with Crippen molar-refractivity contribution in [1.82, 2.24) is 10.3 Å². The number of rotatable bonds is 8. The Kier molecular flexibility index (Phi) is 8.22. The van der Waals surface area contributed by atoms with Crippen molar-refractivity contribution < 1.29 is 19.7 Å². The number of hydrogen-bond acceptors (Lipinski definition) is 5. The van der Waals surface area contributed by atoms with E-state index in [2.05, 4.69) is 10.3 Å². The van der Waals surface area contributed by atoms with Gasteiger partial charge in [-0.25, -0.2) is 4.98 Å². The smallest absolute Gasteiger partial charge is 0.255 e. The molecule has 1 unspecified atom stereocenters. The lowest BCUT2D eigenvalue weighted by Crippen LogP contribution is -2.28. The van der Waals surface area contributed by atoms with Crippen LogP contribution in [0.3, 0.4) is 0 Å². The molecule has 3 aromatic carbocycles. The molecular formula is C28H30N2O4. The third-order valence-corrected chi connectivity index (χ3v) is 5.61. The van der Waals surface area contributed by atoms with Crippen LogP contribution in [0.1, 0.15) is 40.7 Å². The van der Waals surface area contributed by atoms with Gasteiger partial charge in [-0.2, -0.15) is 0 Å². The number of hydrogen-bond donors (Lipinski definition) is 3. The summed E-state index contributed by atoms with van der Waals surface area (Å²) in [4.78, 5) is 17.3. The quantitative estimate of drug-likeness (QED) is 0.352. The fraction of sp³-hybridized carbons (Fsp3) is 0.214. The van der Waals surface area contributed by atoms with Gasteiger partial charge in [0.1, 0.15) is 11.3 Å². The molecule has 176 valence electrons. The number of pyridine rings is 1. The Morgan fingerprint density at radius 2 is 1.68 bits per heavy atom. The van der Waals surface area contributed by atoms with E-state index in [4.69, 9.17) is 4.74 Å². The molecule has 34 heavy (non-hydrogen) atoms. The molecular weight excluding hydrogens is 428 g/mol. The molecule has 0 bridgehead atoms. The number of phenols is 1. The summed E-state index contributed by atoms with van der Waals surface area (Å²) in [6.45, 7) is 0.0374. The number of carbonyl (C=O) groups excluding carboxylic acids is 1. The van der Waals surface area contributed by atoms with Crippen LogP contribution in [0.15, 0.2) is 78.9 Å². The van der Waals surface area contributed by atoms with Crippen LogP contribution < -0.4 is 10.1 Å². The molecule has 1 atom stereocenters. The number of benzene rings is 3. The Bertz CT molecular complexity index is 1240. The monoisotopic (exact) mass is 458 g/mol. The van der Waals surface area contributed by atoms with E-state index in [1.54, 1.807) is 31.4 Å². The summed E-state index contributed by atoms with van der Waals surface area (Å²) in [5.41, 5.74) is 3.21. The maximum Gasteiger partial charge on any atom is 0.255 e. The second-order valence-electron chi connectivity index (χ2n) is 7.82. The van der Waals surface area contributed by atoms with Crippen molar-refractivity contribution in [3.63, 3.8) is 0 Å². The normalized spacial score (nSPS) is 11.5. The van der Waals surface area contributed by atoms with E-state index in [0.29, 0.717) is 17.5 Å². The maximum atomic E-state index is 12.7. The molecule has 0 saturated carbocycles. The number of methoxy groups -OCH3 is 1. The fourth-order valence-corrected chi connectivity index (χ4v) is 3.68. The Labute approximate surface area is 199 Å². The molecule has 3 N–H and O–H groups in total. The van der Waals surface area contributed by atoms with Crippen LogP contribution in [0.2, 0.25) is 0 Å². The molecule has 0 aliphatic rings. The number of aromatic nitrogens is 1. The van der Waals surface area contributed by atoms with Crippen molar-refractivity contribution in [1.29, 1.82) is 0 Å². The first-order chi connectivity index (χ1) is 16.0. The van der Waals surface area contributed by atoms with E-state index in [0.717, 1.165) is 28.8 Å². The average molecular weight is 459 g/mol. The highest BCUT2D eigenvalue weighted by atomic mass is 16.5. The summed E-state index contributed by atoms with van der Waals surface area (Å²) in [6, 6.07) is 24.1. The molecule has 0 aliphatic heterocycles. The third kappa shape index (κ3) is 5.71. The van der Waals surface area contributed by atoms with Crippen molar-refractivity contribution in [2.75, 3.05) is 13.7 Å². The first kappa shape index (κ1) is 24.7. The third-order valence-electron chi connectivity index (χ3n) is 5.61. The van der Waals surface area contributed by atoms with Crippen molar-refractivity contribution >= 4 is 16.8 Å². The Hall–Kier alpha value is -3.90. The lowest BCUT2D eigenvalue weighted by Gasteiger charge is -2.13. The van der Waals surface area contributed by atoms with Gasteiger partial charge < -0.3 is 20.3 Å². The average Bonchev–Trinajstić information content (AvgIpc) is 2.87. The lowest BCUT2D eigenvalue weighted by molar-refractivity contribution is 0.0914.